The van der Waals surface area contributed by atoms with Crippen molar-refractivity contribution in [3.63, 3.8) is 0 Å². The van der Waals surface area contributed by atoms with Crippen molar-refractivity contribution < 1.29 is 9.72 Å². The van der Waals surface area contributed by atoms with Gasteiger partial charge in [-0.3, -0.25) is 19.8 Å². The summed E-state index contributed by atoms with van der Waals surface area (Å²) in [5, 5.41) is 21.7. The molecule has 2 heterocycles. The topological polar surface area (TPSA) is 90.5 Å². The number of anilines is 1. The van der Waals surface area contributed by atoms with Crippen molar-refractivity contribution in [2.75, 3.05) is 17.4 Å². The van der Waals surface area contributed by atoms with Crippen molar-refractivity contribution >= 4 is 29.0 Å². The summed E-state index contributed by atoms with van der Waals surface area (Å²) in [6, 6.07) is 14.7. The molecule has 2 aromatic rings. The number of nitro groups is 1. The number of benzene rings is 2. The number of rotatable bonds is 3. The third kappa shape index (κ3) is 3.53. The van der Waals surface area contributed by atoms with Crippen LogP contribution in [0.2, 0.25) is 0 Å². The number of carbonyl (C=O) groups excluding carboxylic acids is 1. The van der Waals surface area contributed by atoms with Gasteiger partial charge in [0.25, 0.3) is 5.69 Å². The molecule has 30 heavy (non-hydrogen) atoms. The summed E-state index contributed by atoms with van der Waals surface area (Å²) in [5.41, 5.74) is 4.52. The number of nitriles is 1. The standard InChI is InChI=1S/C22H20N4O3S/c1-14-6-7-17(8-15(14)2)24-12-25-21(27)10-19(20(11-23)22(25)30-13-24)16-4-3-5-18(9-16)26(28)29/h3-9,19H,10,12-13H2,1-2H3. The molecule has 0 radical (unpaired) electrons. The molecule has 0 bridgehead atoms. The highest BCUT2D eigenvalue weighted by atomic mass is 32.2. The molecule has 0 aromatic heterocycles. The van der Waals surface area contributed by atoms with E-state index in [-0.39, 0.29) is 18.0 Å². The molecular formula is C22H20N4O3S. The molecule has 8 heteroatoms. The van der Waals surface area contributed by atoms with Crippen molar-refractivity contribution in [3.05, 3.63) is 79.9 Å². The SMILES string of the molecule is Cc1ccc(N2CSC3=C(C#N)C(c4cccc([N+](=O)[O-])c4)CC(=O)N3C2)cc1C. The van der Waals surface area contributed by atoms with E-state index < -0.39 is 10.8 Å². The molecule has 0 aliphatic carbocycles. The first-order valence-corrected chi connectivity index (χ1v) is 10.5. The highest BCUT2D eigenvalue weighted by Crippen LogP contribution is 2.43. The van der Waals surface area contributed by atoms with E-state index in [0.29, 0.717) is 28.7 Å². The zero-order chi connectivity index (χ0) is 21.4. The Morgan fingerprint density at radius 2 is 2.00 bits per heavy atom. The van der Waals surface area contributed by atoms with E-state index in [1.54, 1.807) is 17.0 Å². The Hall–Kier alpha value is -3.31. The number of allylic oxidation sites excluding steroid dienone is 1. The molecule has 0 N–H and O–H groups in total. The number of nitro benzene ring substituents is 1. The van der Waals surface area contributed by atoms with Gasteiger partial charge in [-0.25, -0.2) is 0 Å². The first kappa shape index (κ1) is 20.0. The normalized spacial score (nSPS) is 18.8. The maximum atomic E-state index is 13.0. The Kier molecular flexibility index (Phi) is 5.22. The van der Waals surface area contributed by atoms with Crippen LogP contribution in [-0.4, -0.2) is 28.3 Å². The molecule has 1 amide bonds. The lowest BCUT2D eigenvalue weighted by Crippen LogP contribution is -2.47. The Morgan fingerprint density at radius 1 is 1.20 bits per heavy atom. The molecule has 152 valence electrons. The Bertz CT molecular complexity index is 1120. The van der Waals surface area contributed by atoms with Crippen LogP contribution < -0.4 is 4.90 Å². The van der Waals surface area contributed by atoms with Crippen LogP contribution in [0.25, 0.3) is 0 Å². The summed E-state index contributed by atoms with van der Waals surface area (Å²) in [5.74, 6) is 0.0740. The Labute approximate surface area is 178 Å². The number of non-ortho nitro benzene ring substituents is 1. The van der Waals surface area contributed by atoms with Gasteiger partial charge in [-0.1, -0.05) is 30.0 Å². The van der Waals surface area contributed by atoms with Gasteiger partial charge in [0.05, 0.1) is 34.1 Å². The Morgan fingerprint density at radius 3 is 2.70 bits per heavy atom. The smallest absolute Gasteiger partial charge is 0.269 e. The van der Waals surface area contributed by atoms with E-state index in [1.165, 1.54) is 35.0 Å². The summed E-state index contributed by atoms with van der Waals surface area (Å²) in [6.45, 7) is 4.51. The molecule has 2 aliphatic heterocycles. The van der Waals surface area contributed by atoms with Crippen molar-refractivity contribution in [1.29, 1.82) is 5.26 Å². The van der Waals surface area contributed by atoms with Crippen LogP contribution in [0.15, 0.2) is 53.1 Å². The predicted octanol–water partition coefficient (Wildman–Crippen LogP) is 4.43. The molecule has 2 aliphatic rings. The second-order valence-corrected chi connectivity index (χ2v) is 8.42. The first-order chi connectivity index (χ1) is 14.4. The van der Waals surface area contributed by atoms with Gasteiger partial charge in [-0.05, 0) is 42.7 Å². The molecule has 7 nitrogen and oxygen atoms in total. The molecule has 2 aromatic carbocycles. The van der Waals surface area contributed by atoms with E-state index >= 15 is 0 Å². The molecule has 0 saturated carbocycles. The van der Waals surface area contributed by atoms with Crippen molar-refractivity contribution in [3.8, 4) is 6.07 Å². The van der Waals surface area contributed by atoms with Crippen LogP contribution in [0.3, 0.4) is 0 Å². The van der Waals surface area contributed by atoms with E-state index in [0.717, 1.165) is 5.69 Å². The number of hydrogen-bond acceptors (Lipinski definition) is 6. The van der Waals surface area contributed by atoms with Gasteiger partial charge >= 0.3 is 0 Å². The number of amides is 1. The third-order valence-electron chi connectivity index (χ3n) is 5.63. The Balaban J connectivity index is 1.67. The predicted molar refractivity (Wildman–Crippen MR) is 116 cm³/mol. The largest absolute Gasteiger partial charge is 0.344 e. The van der Waals surface area contributed by atoms with Gasteiger partial charge in [0.2, 0.25) is 5.91 Å². The van der Waals surface area contributed by atoms with Crippen LogP contribution >= 0.6 is 11.8 Å². The molecule has 1 saturated heterocycles. The summed E-state index contributed by atoms with van der Waals surface area (Å²) in [7, 11) is 0. The number of nitrogens with zero attached hydrogens (tertiary/aromatic N) is 4. The molecule has 1 fully saturated rings. The summed E-state index contributed by atoms with van der Waals surface area (Å²) in [4.78, 5) is 27.5. The summed E-state index contributed by atoms with van der Waals surface area (Å²) in [6.07, 6.45) is 0.120. The van der Waals surface area contributed by atoms with Gasteiger partial charge < -0.3 is 4.90 Å². The van der Waals surface area contributed by atoms with E-state index in [4.69, 9.17) is 0 Å². The zero-order valence-electron chi connectivity index (χ0n) is 16.7. The van der Waals surface area contributed by atoms with Gasteiger partial charge in [-0.2, -0.15) is 5.26 Å². The fourth-order valence-electron chi connectivity index (χ4n) is 3.79. The van der Waals surface area contributed by atoms with Crippen LogP contribution in [-0.2, 0) is 4.79 Å². The monoisotopic (exact) mass is 420 g/mol. The van der Waals surface area contributed by atoms with Crippen molar-refractivity contribution in [2.45, 2.75) is 26.2 Å². The zero-order valence-corrected chi connectivity index (χ0v) is 17.5. The molecular weight excluding hydrogens is 400 g/mol. The van der Waals surface area contributed by atoms with Gasteiger partial charge in [0, 0.05) is 30.2 Å². The third-order valence-corrected chi connectivity index (χ3v) is 6.79. The highest BCUT2D eigenvalue weighted by Gasteiger charge is 2.38. The maximum absolute atomic E-state index is 13.0. The average molecular weight is 420 g/mol. The molecule has 1 unspecified atom stereocenters. The maximum Gasteiger partial charge on any atom is 0.269 e. The first-order valence-electron chi connectivity index (χ1n) is 9.53. The lowest BCUT2D eigenvalue weighted by Gasteiger charge is -2.42. The number of carbonyl (C=O) groups is 1. The number of hydrogen-bond donors (Lipinski definition) is 0. The summed E-state index contributed by atoms with van der Waals surface area (Å²) < 4.78 is 0. The number of fused-ring (bicyclic) bond motifs is 1. The number of thioether (sulfide) groups is 1. The fourth-order valence-corrected chi connectivity index (χ4v) is 4.96. The fraction of sp³-hybridized carbons (Fsp3) is 0.273. The van der Waals surface area contributed by atoms with Crippen LogP contribution in [0.4, 0.5) is 11.4 Å². The van der Waals surface area contributed by atoms with E-state index in [1.807, 2.05) is 6.07 Å². The second-order valence-electron chi connectivity index (χ2n) is 7.48. The minimum Gasteiger partial charge on any atom is -0.344 e. The van der Waals surface area contributed by atoms with Crippen molar-refractivity contribution in [1.82, 2.24) is 4.90 Å². The van der Waals surface area contributed by atoms with E-state index in [9.17, 15) is 20.2 Å². The lowest BCUT2D eigenvalue weighted by atomic mass is 9.86. The highest BCUT2D eigenvalue weighted by molar-refractivity contribution is 8.03. The van der Waals surface area contributed by atoms with Gasteiger partial charge in [-0.15, -0.1) is 0 Å². The quantitative estimate of drug-likeness (QED) is 0.539. The average Bonchev–Trinajstić information content (AvgIpc) is 2.75. The van der Waals surface area contributed by atoms with Crippen molar-refractivity contribution in [2.24, 2.45) is 0 Å². The van der Waals surface area contributed by atoms with Crippen LogP contribution in [0, 0.1) is 35.3 Å². The van der Waals surface area contributed by atoms with E-state index in [2.05, 4.69) is 36.9 Å². The molecule has 0 spiro atoms. The molecule has 4 rings (SSSR count). The summed E-state index contributed by atoms with van der Waals surface area (Å²) >= 11 is 1.46. The van der Waals surface area contributed by atoms with Crippen LogP contribution in [0.5, 0.6) is 0 Å². The second kappa shape index (κ2) is 7.84. The molecule has 1 atom stereocenters. The lowest BCUT2D eigenvalue weighted by molar-refractivity contribution is -0.384. The minimum atomic E-state index is -0.464. The van der Waals surface area contributed by atoms with Crippen LogP contribution in [0.1, 0.15) is 29.0 Å². The number of aryl methyl sites for hydroxylation is 2. The van der Waals surface area contributed by atoms with Gasteiger partial charge in [0.15, 0.2) is 0 Å². The van der Waals surface area contributed by atoms with Gasteiger partial charge in [0.1, 0.15) is 0 Å². The minimum absolute atomic E-state index is 0.0399.